The number of carbonyl (C=O) groups excluding carboxylic acids is 2. The average molecular weight is 410 g/mol. The Kier molecular flexibility index (Phi) is 8.09. The van der Waals surface area contributed by atoms with Gasteiger partial charge in [-0.2, -0.15) is 0 Å². The van der Waals surface area contributed by atoms with Gasteiger partial charge in [0.25, 0.3) is 5.91 Å². The molecule has 0 aliphatic carbocycles. The van der Waals surface area contributed by atoms with Gasteiger partial charge in [-0.3, -0.25) is 9.59 Å². The number of nitrogens with zero attached hydrogens (tertiary/aromatic N) is 1. The largest absolute Gasteiger partial charge is 0.492 e. The zero-order valence-corrected chi connectivity index (χ0v) is 16.6. The minimum absolute atomic E-state index is 0. The lowest BCUT2D eigenvalue weighted by molar-refractivity contribution is -0.121. The standard InChI is InChI=1S/C19H23N3O3S.ClH/c20-10-12-25-15-8-6-14(7-9-15)21-18(23)16-4-1-2-11-22(16)19(24)17-5-3-13-26-17;/h3,5-9,13,16H,1-2,4,10-12,20H2,(H,21,23);1H. The van der Waals surface area contributed by atoms with Crippen molar-refractivity contribution in [3.05, 3.63) is 46.7 Å². The number of rotatable bonds is 6. The molecule has 0 spiro atoms. The summed E-state index contributed by atoms with van der Waals surface area (Å²) in [5, 5.41) is 4.79. The normalized spacial score (nSPS) is 16.3. The number of benzene rings is 1. The second kappa shape index (κ2) is 10.3. The minimum atomic E-state index is -0.438. The highest BCUT2D eigenvalue weighted by Crippen LogP contribution is 2.23. The van der Waals surface area contributed by atoms with Gasteiger partial charge in [0, 0.05) is 18.8 Å². The van der Waals surface area contributed by atoms with Gasteiger partial charge in [-0.05, 0) is 55.0 Å². The Balaban J connectivity index is 0.00000261. The Morgan fingerprint density at radius 2 is 2.00 bits per heavy atom. The summed E-state index contributed by atoms with van der Waals surface area (Å²) in [6, 6.07) is 10.4. The Bertz CT molecular complexity index is 737. The smallest absolute Gasteiger partial charge is 0.264 e. The first kappa shape index (κ1) is 21.2. The van der Waals surface area contributed by atoms with E-state index in [-0.39, 0.29) is 24.2 Å². The quantitative estimate of drug-likeness (QED) is 0.767. The van der Waals surface area contributed by atoms with Crippen molar-refractivity contribution in [2.45, 2.75) is 25.3 Å². The Morgan fingerprint density at radius 3 is 2.67 bits per heavy atom. The van der Waals surface area contributed by atoms with Crippen LogP contribution in [0.25, 0.3) is 0 Å². The predicted octanol–water partition coefficient (Wildman–Crippen LogP) is 3.14. The van der Waals surface area contributed by atoms with Crippen molar-refractivity contribution in [2.24, 2.45) is 5.73 Å². The molecule has 1 unspecified atom stereocenters. The van der Waals surface area contributed by atoms with E-state index in [0.717, 1.165) is 12.8 Å². The van der Waals surface area contributed by atoms with E-state index in [1.807, 2.05) is 11.4 Å². The zero-order valence-electron chi connectivity index (χ0n) is 14.9. The van der Waals surface area contributed by atoms with Crippen LogP contribution < -0.4 is 15.8 Å². The van der Waals surface area contributed by atoms with Gasteiger partial charge >= 0.3 is 0 Å². The molecule has 146 valence electrons. The van der Waals surface area contributed by atoms with Crippen LogP contribution in [-0.4, -0.2) is 42.5 Å². The number of piperidine rings is 1. The maximum absolute atomic E-state index is 12.8. The van der Waals surface area contributed by atoms with Gasteiger partial charge in [-0.25, -0.2) is 0 Å². The summed E-state index contributed by atoms with van der Waals surface area (Å²) in [4.78, 5) is 27.8. The number of likely N-dealkylation sites (tertiary alicyclic amines) is 1. The fraction of sp³-hybridized carbons (Fsp3) is 0.368. The SMILES string of the molecule is Cl.NCCOc1ccc(NC(=O)C2CCCCN2C(=O)c2cccs2)cc1. The van der Waals surface area contributed by atoms with E-state index in [9.17, 15) is 9.59 Å². The molecule has 1 atom stereocenters. The molecule has 2 amide bonds. The molecule has 1 fully saturated rings. The first-order chi connectivity index (χ1) is 12.7. The van der Waals surface area contributed by atoms with Crippen LogP contribution in [0.3, 0.4) is 0 Å². The minimum Gasteiger partial charge on any atom is -0.492 e. The van der Waals surface area contributed by atoms with E-state index in [2.05, 4.69) is 5.32 Å². The number of halogens is 1. The van der Waals surface area contributed by atoms with E-state index in [1.165, 1.54) is 11.3 Å². The molecule has 8 heteroatoms. The summed E-state index contributed by atoms with van der Waals surface area (Å²) in [5.41, 5.74) is 6.10. The summed E-state index contributed by atoms with van der Waals surface area (Å²) < 4.78 is 5.43. The highest BCUT2D eigenvalue weighted by Gasteiger charge is 2.33. The molecule has 3 rings (SSSR count). The predicted molar refractivity (Wildman–Crippen MR) is 110 cm³/mol. The highest BCUT2D eigenvalue weighted by molar-refractivity contribution is 7.12. The van der Waals surface area contributed by atoms with Crippen molar-refractivity contribution >= 4 is 41.2 Å². The lowest BCUT2D eigenvalue weighted by Gasteiger charge is -2.34. The van der Waals surface area contributed by atoms with Gasteiger partial charge in [0.15, 0.2) is 0 Å². The number of amides is 2. The van der Waals surface area contributed by atoms with E-state index in [0.29, 0.717) is 42.4 Å². The number of hydrogen-bond acceptors (Lipinski definition) is 5. The highest BCUT2D eigenvalue weighted by atomic mass is 35.5. The van der Waals surface area contributed by atoms with Crippen LogP contribution in [0, 0.1) is 0 Å². The number of ether oxygens (including phenoxy) is 1. The molecule has 0 saturated carbocycles. The van der Waals surface area contributed by atoms with Crippen molar-refractivity contribution in [3.63, 3.8) is 0 Å². The molecule has 1 aliphatic rings. The molecular formula is C19H24ClN3O3S. The number of hydrogen-bond donors (Lipinski definition) is 2. The Hall–Kier alpha value is -2.09. The molecule has 0 bridgehead atoms. The first-order valence-electron chi connectivity index (χ1n) is 8.77. The van der Waals surface area contributed by atoms with Crippen molar-refractivity contribution in [1.82, 2.24) is 4.90 Å². The van der Waals surface area contributed by atoms with Crippen LogP contribution in [0.15, 0.2) is 41.8 Å². The van der Waals surface area contributed by atoms with Gasteiger partial charge in [-0.1, -0.05) is 6.07 Å². The number of nitrogens with two attached hydrogens (primary N) is 1. The molecule has 1 aromatic heterocycles. The molecule has 2 heterocycles. The molecule has 0 radical (unpaired) electrons. The second-order valence-corrected chi connectivity index (χ2v) is 7.09. The van der Waals surface area contributed by atoms with Gasteiger partial charge in [0.05, 0.1) is 4.88 Å². The molecule has 3 N–H and O–H groups in total. The van der Waals surface area contributed by atoms with E-state index in [4.69, 9.17) is 10.5 Å². The Labute approximate surface area is 169 Å². The fourth-order valence-electron chi connectivity index (χ4n) is 3.03. The van der Waals surface area contributed by atoms with Crippen LogP contribution in [-0.2, 0) is 4.79 Å². The molecule has 6 nitrogen and oxygen atoms in total. The van der Waals surface area contributed by atoms with Crippen LogP contribution in [0.1, 0.15) is 28.9 Å². The summed E-state index contributed by atoms with van der Waals surface area (Å²) >= 11 is 1.40. The van der Waals surface area contributed by atoms with Crippen molar-refractivity contribution in [2.75, 3.05) is 25.0 Å². The molecule has 1 aromatic carbocycles. The maximum atomic E-state index is 12.8. The third kappa shape index (κ3) is 5.45. The molecule has 2 aromatic rings. The lowest BCUT2D eigenvalue weighted by Crippen LogP contribution is -2.49. The van der Waals surface area contributed by atoms with Crippen molar-refractivity contribution in [1.29, 1.82) is 0 Å². The lowest BCUT2D eigenvalue weighted by atomic mass is 10.0. The van der Waals surface area contributed by atoms with Crippen LogP contribution >= 0.6 is 23.7 Å². The van der Waals surface area contributed by atoms with Gasteiger partial charge in [0.1, 0.15) is 18.4 Å². The van der Waals surface area contributed by atoms with Gasteiger partial charge < -0.3 is 20.7 Å². The van der Waals surface area contributed by atoms with Crippen LogP contribution in [0.4, 0.5) is 5.69 Å². The summed E-state index contributed by atoms with van der Waals surface area (Å²) in [7, 11) is 0. The molecular weight excluding hydrogens is 386 g/mol. The molecule has 1 aliphatic heterocycles. The zero-order chi connectivity index (χ0) is 18.4. The topological polar surface area (TPSA) is 84.7 Å². The molecule has 27 heavy (non-hydrogen) atoms. The van der Waals surface area contributed by atoms with Crippen LogP contribution in [0.5, 0.6) is 5.75 Å². The van der Waals surface area contributed by atoms with E-state index < -0.39 is 6.04 Å². The van der Waals surface area contributed by atoms with Gasteiger partial charge in [0.2, 0.25) is 5.91 Å². The summed E-state index contributed by atoms with van der Waals surface area (Å²) in [6.45, 7) is 1.52. The number of thiophene rings is 1. The monoisotopic (exact) mass is 409 g/mol. The van der Waals surface area contributed by atoms with Gasteiger partial charge in [-0.15, -0.1) is 23.7 Å². The summed E-state index contributed by atoms with van der Waals surface area (Å²) in [5.74, 6) is 0.497. The van der Waals surface area contributed by atoms with Crippen LogP contribution in [0.2, 0.25) is 0 Å². The second-order valence-electron chi connectivity index (χ2n) is 6.14. The molecule has 1 saturated heterocycles. The average Bonchev–Trinajstić information content (AvgIpc) is 3.21. The Morgan fingerprint density at radius 1 is 1.22 bits per heavy atom. The third-order valence-corrected chi connectivity index (χ3v) is 5.16. The number of carbonyl (C=O) groups is 2. The van der Waals surface area contributed by atoms with E-state index in [1.54, 1.807) is 35.2 Å². The summed E-state index contributed by atoms with van der Waals surface area (Å²) in [6.07, 6.45) is 2.55. The van der Waals surface area contributed by atoms with Crippen molar-refractivity contribution < 1.29 is 14.3 Å². The number of anilines is 1. The van der Waals surface area contributed by atoms with E-state index >= 15 is 0 Å². The third-order valence-electron chi connectivity index (χ3n) is 4.31. The first-order valence-corrected chi connectivity index (χ1v) is 9.65. The maximum Gasteiger partial charge on any atom is 0.264 e. The number of nitrogens with one attached hydrogen (secondary N) is 1. The fourth-order valence-corrected chi connectivity index (χ4v) is 3.70. The van der Waals surface area contributed by atoms with Crippen molar-refractivity contribution in [3.8, 4) is 5.75 Å².